The van der Waals surface area contributed by atoms with Crippen molar-refractivity contribution in [1.29, 1.82) is 0 Å². The molecular formula is C8H16N2S. The standard InChI is InChI=1S/C8H16N2S/c1-7(9)10-6-8-2-4-11-5-3-8/h8H,2-6H2,1H3,(H2,9,10). The van der Waals surface area contributed by atoms with E-state index in [1.165, 1.54) is 24.3 Å². The maximum atomic E-state index is 5.45. The van der Waals surface area contributed by atoms with Crippen molar-refractivity contribution in [1.82, 2.24) is 0 Å². The van der Waals surface area contributed by atoms with Gasteiger partial charge in [-0.2, -0.15) is 11.8 Å². The first-order chi connectivity index (χ1) is 5.29. The van der Waals surface area contributed by atoms with Gasteiger partial charge in [0.2, 0.25) is 0 Å². The van der Waals surface area contributed by atoms with Crippen LogP contribution < -0.4 is 5.73 Å². The van der Waals surface area contributed by atoms with Crippen molar-refractivity contribution in [2.75, 3.05) is 18.1 Å². The Labute approximate surface area is 72.6 Å². The van der Waals surface area contributed by atoms with E-state index in [9.17, 15) is 0 Å². The molecule has 2 N–H and O–H groups in total. The van der Waals surface area contributed by atoms with Crippen LogP contribution in [0.5, 0.6) is 0 Å². The summed E-state index contributed by atoms with van der Waals surface area (Å²) in [5, 5.41) is 0. The van der Waals surface area contributed by atoms with Gasteiger partial charge in [-0.3, -0.25) is 4.99 Å². The first-order valence-electron chi connectivity index (χ1n) is 4.13. The summed E-state index contributed by atoms with van der Waals surface area (Å²) in [7, 11) is 0. The van der Waals surface area contributed by atoms with Crippen LogP contribution in [0.4, 0.5) is 0 Å². The Morgan fingerprint density at radius 2 is 2.18 bits per heavy atom. The third-order valence-corrected chi connectivity index (χ3v) is 2.99. The van der Waals surface area contributed by atoms with E-state index in [2.05, 4.69) is 16.8 Å². The molecule has 1 heterocycles. The highest BCUT2D eigenvalue weighted by molar-refractivity contribution is 7.99. The van der Waals surface area contributed by atoms with Crippen LogP contribution in [-0.4, -0.2) is 23.9 Å². The molecule has 0 aromatic heterocycles. The SMILES string of the molecule is CC(N)=NCC1CCSCC1. The van der Waals surface area contributed by atoms with Gasteiger partial charge >= 0.3 is 0 Å². The Morgan fingerprint density at radius 1 is 1.55 bits per heavy atom. The van der Waals surface area contributed by atoms with E-state index in [1.54, 1.807) is 0 Å². The molecule has 1 aliphatic heterocycles. The predicted molar refractivity (Wildman–Crippen MR) is 52.2 cm³/mol. The molecule has 1 fully saturated rings. The van der Waals surface area contributed by atoms with Crippen LogP contribution in [0.3, 0.4) is 0 Å². The highest BCUT2D eigenvalue weighted by atomic mass is 32.2. The number of nitrogens with two attached hydrogens (primary N) is 1. The van der Waals surface area contributed by atoms with Crippen molar-refractivity contribution in [3.8, 4) is 0 Å². The molecular weight excluding hydrogens is 156 g/mol. The van der Waals surface area contributed by atoms with E-state index < -0.39 is 0 Å². The van der Waals surface area contributed by atoms with Crippen LogP contribution in [0.1, 0.15) is 19.8 Å². The molecule has 11 heavy (non-hydrogen) atoms. The van der Waals surface area contributed by atoms with Crippen molar-refractivity contribution < 1.29 is 0 Å². The first-order valence-corrected chi connectivity index (χ1v) is 5.29. The van der Waals surface area contributed by atoms with Crippen molar-refractivity contribution >= 4 is 17.6 Å². The molecule has 0 radical (unpaired) electrons. The number of thioether (sulfide) groups is 1. The Bertz CT molecular complexity index is 135. The minimum absolute atomic E-state index is 0.725. The van der Waals surface area contributed by atoms with Crippen molar-refractivity contribution in [3.05, 3.63) is 0 Å². The maximum Gasteiger partial charge on any atom is 0.0905 e. The fourth-order valence-electron chi connectivity index (χ4n) is 1.20. The second-order valence-corrected chi connectivity index (χ2v) is 4.26. The van der Waals surface area contributed by atoms with E-state index in [1.807, 2.05) is 6.92 Å². The highest BCUT2D eigenvalue weighted by Crippen LogP contribution is 2.22. The number of hydrogen-bond acceptors (Lipinski definition) is 2. The number of aliphatic imine (C=N–C) groups is 1. The lowest BCUT2D eigenvalue weighted by atomic mass is 10.0. The fourth-order valence-corrected chi connectivity index (χ4v) is 2.41. The lowest BCUT2D eigenvalue weighted by Gasteiger charge is -2.19. The largest absolute Gasteiger partial charge is 0.388 e. The van der Waals surface area contributed by atoms with Crippen molar-refractivity contribution in [3.63, 3.8) is 0 Å². The maximum absolute atomic E-state index is 5.45. The molecule has 3 heteroatoms. The smallest absolute Gasteiger partial charge is 0.0905 e. The third kappa shape index (κ3) is 3.65. The average Bonchev–Trinajstić information content (AvgIpc) is 2.03. The van der Waals surface area contributed by atoms with Crippen LogP contribution in [0.25, 0.3) is 0 Å². The van der Waals surface area contributed by atoms with Gasteiger partial charge in [0, 0.05) is 6.54 Å². The van der Waals surface area contributed by atoms with E-state index in [-0.39, 0.29) is 0 Å². The molecule has 0 bridgehead atoms. The molecule has 1 saturated heterocycles. The molecule has 0 unspecified atom stereocenters. The van der Waals surface area contributed by atoms with Gasteiger partial charge in [-0.25, -0.2) is 0 Å². The minimum atomic E-state index is 0.725. The molecule has 0 saturated carbocycles. The van der Waals surface area contributed by atoms with Crippen LogP contribution in [0.2, 0.25) is 0 Å². The zero-order valence-corrected chi connectivity index (χ0v) is 7.86. The van der Waals surface area contributed by atoms with Crippen LogP contribution in [0.15, 0.2) is 4.99 Å². The molecule has 0 aromatic rings. The number of rotatable bonds is 2. The Morgan fingerprint density at radius 3 is 2.73 bits per heavy atom. The summed E-state index contributed by atoms with van der Waals surface area (Å²) in [6, 6.07) is 0. The Hall–Kier alpha value is -0.180. The molecule has 2 nitrogen and oxygen atoms in total. The van der Waals surface area contributed by atoms with Crippen molar-refractivity contribution in [2.24, 2.45) is 16.6 Å². The summed E-state index contributed by atoms with van der Waals surface area (Å²) in [4.78, 5) is 4.23. The number of amidine groups is 1. The normalized spacial score (nSPS) is 22.1. The molecule has 0 amide bonds. The van der Waals surface area contributed by atoms with Crippen LogP contribution in [0, 0.1) is 5.92 Å². The Kier molecular flexibility index (Phi) is 3.77. The lowest BCUT2D eigenvalue weighted by Crippen LogP contribution is -2.15. The quantitative estimate of drug-likeness (QED) is 0.506. The third-order valence-electron chi connectivity index (χ3n) is 1.94. The summed E-state index contributed by atoms with van der Waals surface area (Å²) in [5.41, 5.74) is 5.45. The Balaban J connectivity index is 2.19. The second kappa shape index (κ2) is 4.65. The fraction of sp³-hybridized carbons (Fsp3) is 0.875. The van der Waals surface area contributed by atoms with Gasteiger partial charge in [0.25, 0.3) is 0 Å². The van der Waals surface area contributed by atoms with E-state index in [0.717, 1.165) is 18.3 Å². The number of hydrogen-bond donors (Lipinski definition) is 1. The summed E-state index contributed by atoms with van der Waals surface area (Å²) < 4.78 is 0. The topological polar surface area (TPSA) is 38.4 Å². The van der Waals surface area contributed by atoms with Gasteiger partial charge < -0.3 is 5.73 Å². The van der Waals surface area contributed by atoms with Crippen molar-refractivity contribution in [2.45, 2.75) is 19.8 Å². The van der Waals surface area contributed by atoms with Gasteiger partial charge in [0.15, 0.2) is 0 Å². The molecule has 0 aromatic carbocycles. The van der Waals surface area contributed by atoms with Gasteiger partial charge in [0.05, 0.1) is 5.84 Å². The van der Waals surface area contributed by atoms with Crippen LogP contribution in [-0.2, 0) is 0 Å². The van der Waals surface area contributed by atoms with E-state index in [0.29, 0.717) is 0 Å². The second-order valence-electron chi connectivity index (χ2n) is 3.04. The molecule has 1 aliphatic rings. The number of nitrogens with zero attached hydrogens (tertiary/aromatic N) is 1. The van der Waals surface area contributed by atoms with Gasteiger partial charge in [0.1, 0.15) is 0 Å². The van der Waals surface area contributed by atoms with Crippen LogP contribution >= 0.6 is 11.8 Å². The molecule has 64 valence electrons. The van der Waals surface area contributed by atoms with Gasteiger partial charge in [-0.1, -0.05) is 0 Å². The summed E-state index contributed by atoms with van der Waals surface area (Å²) in [6.45, 7) is 2.81. The zero-order chi connectivity index (χ0) is 8.10. The highest BCUT2D eigenvalue weighted by Gasteiger charge is 2.12. The minimum Gasteiger partial charge on any atom is -0.388 e. The monoisotopic (exact) mass is 172 g/mol. The van der Waals surface area contributed by atoms with E-state index in [4.69, 9.17) is 5.73 Å². The summed E-state index contributed by atoms with van der Waals surface area (Å²) in [5.74, 6) is 4.14. The summed E-state index contributed by atoms with van der Waals surface area (Å²) >= 11 is 2.05. The van der Waals surface area contributed by atoms with Gasteiger partial charge in [-0.15, -0.1) is 0 Å². The molecule has 1 rings (SSSR count). The molecule has 0 spiro atoms. The predicted octanol–water partition coefficient (Wildman–Crippen LogP) is 1.51. The molecule has 0 atom stereocenters. The summed E-state index contributed by atoms with van der Waals surface area (Å²) in [6.07, 6.45) is 2.64. The zero-order valence-electron chi connectivity index (χ0n) is 7.05. The first kappa shape index (κ1) is 8.91. The average molecular weight is 172 g/mol. The lowest BCUT2D eigenvalue weighted by molar-refractivity contribution is 0.503. The molecule has 0 aliphatic carbocycles. The van der Waals surface area contributed by atoms with Gasteiger partial charge in [-0.05, 0) is 37.2 Å². The van der Waals surface area contributed by atoms with E-state index >= 15 is 0 Å².